The summed E-state index contributed by atoms with van der Waals surface area (Å²) in [6, 6.07) is 8.47. The zero-order valence-electron chi connectivity index (χ0n) is 13.6. The highest BCUT2D eigenvalue weighted by Crippen LogP contribution is 2.18. The molecule has 0 spiro atoms. The minimum atomic E-state index is 0. The van der Waals surface area contributed by atoms with Crippen LogP contribution in [0.1, 0.15) is 12.0 Å². The molecule has 0 radical (unpaired) electrons. The number of H-pyrrole nitrogens is 1. The first-order valence-corrected chi connectivity index (χ1v) is 8.31. The van der Waals surface area contributed by atoms with Crippen molar-refractivity contribution in [2.45, 2.75) is 12.8 Å². The number of aromatic nitrogens is 1. The number of fused-ring (bicyclic) bond motifs is 1. The van der Waals surface area contributed by atoms with Crippen LogP contribution in [0.3, 0.4) is 0 Å². The summed E-state index contributed by atoms with van der Waals surface area (Å²) in [4.78, 5) is 14.5. The number of nitrogens with one attached hydrogen (secondary N) is 3. The van der Waals surface area contributed by atoms with Crippen LogP contribution < -0.4 is 10.6 Å². The standard InChI is InChI=1S/C17H22N6.HI/c1-2-6-15-14(5-1)13(12-22-15)4-3-7-18-16-21-10-11-23(16)17-19-8-9-20-17;/h1-2,5-6,12,22H,3-4,7-11H2,(H,18,21)(H,19,20);1H. The number of hydrogen-bond acceptors (Lipinski definition) is 5. The molecule has 1 aromatic carbocycles. The predicted octanol–water partition coefficient (Wildman–Crippen LogP) is 1.94. The first-order valence-electron chi connectivity index (χ1n) is 8.31. The van der Waals surface area contributed by atoms with Crippen molar-refractivity contribution in [3.8, 4) is 0 Å². The quantitative estimate of drug-likeness (QED) is 0.505. The second-order valence-electron chi connectivity index (χ2n) is 5.88. The Bertz CT molecular complexity index is 750. The van der Waals surface area contributed by atoms with E-state index in [0.29, 0.717) is 0 Å². The van der Waals surface area contributed by atoms with Gasteiger partial charge in [0.1, 0.15) is 0 Å². The number of benzene rings is 1. The molecule has 3 N–H and O–H groups in total. The maximum Gasteiger partial charge on any atom is 0.201 e. The highest BCUT2D eigenvalue weighted by Gasteiger charge is 2.23. The normalized spacial score (nSPS) is 16.6. The highest BCUT2D eigenvalue weighted by atomic mass is 127. The number of para-hydroxylation sites is 1. The summed E-state index contributed by atoms with van der Waals surface area (Å²) in [6.07, 6.45) is 4.26. The molecule has 0 atom stereocenters. The Morgan fingerprint density at radius 2 is 2.08 bits per heavy atom. The summed E-state index contributed by atoms with van der Waals surface area (Å²) < 4.78 is 0. The van der Waals surface area contributed by atoms with Crippen LogP contribution in [-0.4, -0.2) is 54.5 Å². The number of halogens is 1. The minimum Gasteiger partial charge on any atom is -0.361 e. The summed E-state index contributed by atoms with van der Waals surface area (Å²) in [7, 11) is 0. The lowest BCUT2D eigenvalue weighted by Crippen LogP contribution is -2.46. The van der Waals surface area contributed by atoms with Crippen LogP contribution in [0.15, 0.2) is 40.4 Å². The number of hydrogen-bond donors (Lipinski definition) is 3. The largest absolute Gasteiger partial charge is 0.361 e. The van der Waals surface area contributed by atoms with Crippen molar-refractivity contribution in [3.63, 3.8) is 0 Å². The van der Waals surface area contributed by atoms with Crippen molar-refractivity contribution < 1.29 is 0 Å². The van der Waals surface area contributed by atoms with Crippen LogP contribution >= 0.6 is 24.0 Å². The zero-order valence-corrected chi connectivity index (χ0v) is 15.9. The molecule has 2 aromatic rings. The van der Waals surface area contributed by atoms with Gasteiger partial charge in [-0.25, -0.2) is 0 Å². The van der Waals surface area contributed by atoms with Gasteiger partial charge in [0.05, 0.1) is 13.1 Å². The van der Waals surface area contributed by atoms with Crippen molar-refractivity contribution >= 4 is 46.8 Å². The molecule has 2 aliphatic heterocycles. The molecule has 2 aliphatic rings. The Morgan fingerprint density at radius 3 is 2.96 bits per heavy atom. The van der Waals surface area contributed by atoms with Crippen molar-refractivity contribution in [3.05, 3.63) is 36.0 Å². The Hall–Kier alpha value is -1.77. The molecule has 3 heterocycles. The van der Waals surface area contributed by atoms with Crippen LogP contribution in [0.5, 0.6) is 0 Å². The molecule has 0 aliphatic carbocycles. The van der Waals surface area contributed by atoms with E-state index >= 15 is 0 Å². The highest BCUT2D eigenvalue weighted by molar-refractivity contribution is 14.0. The van der Waals surface area contributed by atoms with E-state index in [-0.39, 0.29) is 24.0 Å². The number of aryl methyl sites for hydroxylation is 1. The van der Waals surface area contributed by atoms with Crippen molar-refractivity contribution in [2.75, 3.05) is 32.7 Å². The Morgan fingerprint density at radius 1 is 1.17 bits per heavy atom. The number of aliphatic imine (C=N–C) groups is 2. The lowest BCUT2D eigenvalue weighted by atomic mass is 10.1. The monoisotopic (exact) mass is 438 g/mol. The first kappa shape index (κ1) is 17.1. The molecule has 1 aromatic heterocycles. The van der Waals surface area contributed by atoms with E-state index in [9.17, 15) is 0 Å². The Kier molecular flexibility index (Phi) is 5.60. The molecule has 0 fully saturated rings. The number of rotatable bonds is 4. The molecule has 4 rings (SSSR count). The average Bonchev–Trinajstić information content (AvgIpc) is 3.31. The fourth-order valence-electron chi connectivity index (χ4n) is 3.19. The second kappa shape index (κ2) is 7.87. The fourth-order valence-corrected chi connectivity index (χ4v) is 3.19. The van der Waals surface area contributed by atoms with Crippen molar-refractivity contribution in [2.24, 2.45) is 9.98 Å². The molecule has 0 amide bonds. The Balaban J connectivity index is 0.00000169. The van der Waals surface area contributed by atoms with Crippen LogP contribution in [-0.2, 0) is 6.42 Å². The maximum atomic E-state index is 4.55. The van der Waals surface area contributed by atoms with Crippen molar-refractivity contribution in [1.82, 2.24) is 20.5 Å². The van der Waals surface area contributed by atoms with E-state index in [1.165, 1.54) is 16.5 Å². The van der Waals surface area contributed by atoms with Gasteiger partial charge in [0.25, 0.3) is 0 Å². The van der Waals surface area contributed by atoms with Gasteiger partial charge < -0.3 is 15.6 Å². The second-order valence-corrected chi connectivity index (χ2v) is 5.88. The third-order valence-electron chi connectivity index (χ3n) is 4.33. The van der Waals surface area contributed by atoms with E-state index in [4.69, 9.17) is 0 Å². The molecule has 0 unspecified atom stereocenters. The summed E-state index contributed by atoms with van der Waals surface area (Å²) >= 11 is 0. The van der Waals surface area contributed by atoms with E-state index in [1.807, 2.05) is 0 Å². The molecule has 24 heavy (non-hydrogen) atoms. The smallest absolute Gasteiger partial charge is 0.201 e. The third-order valence-corrected chi connectivity index (χ3v) is 4.33. The SMILES string of the molecule is I.c1ccc2c(CCCNC3=NCCN3C3=NCCN3)c[nH]c2c1. The van der Waals surface area contributed by atoms with Gasteiger partial charge in [-0.05, 0) is 24.5 Å². The molecule has 0 saturated carbocycles. The number of aromatic amines is 1. The van der Waals surface area contributed by atoms with Gasteiger partial charge in [0, 0.05) is 36.7 Å². The van der Waals surface area contributed by atoms with Crippen molar-refractivity contribution in [1.29, 1.82) is 0 Å². The Labute approximate surface area is 158 Å². The van der Waals surface area contributed by atoms with Crippen LogP contribution in [0, 0.1) is 0 Å². The van der Waals surface area contributed by atoms with Gasteiger partial charge in [-0.3, -0.25) is 14.9 Å². The van der Waals surface area contributed by atoms with Gasteiger partial charge in [0.15, 0.2) is 0 Å². The van der Waals surface area contributed by atoms with Gasteiger partial charge in [-0.1, -0.05) is 18.2 Å². The topological polar surface area (TPSA) is 67.8 Å². The number of nitrogens with zero attached hydrogens (tertiary/aromatic N) is 3. The van der Waals surface area contributed by atoms with Crippen LogP contribution in [0.4, 0.5) is 0 Å². The van der Waals surface area contributed by atoms with E-state index in [0.717, 1.165) is 57.5 Å². The summed E-state index contributed by atoms with van der Waals surface area (Å²) in [6.45, 7) is 4.46. The lowest BCUT2D eigenvalue weighted by Gasteiger charge is -2.20. The van der Waals surface area contributed by atoms with Crippen LogP contribution in [0.25, 0.3) is 10.9 Å². The van der Waals surface area contributed by atoms with E-state index in [1.54, 1.807) is 0 Å². The van der Waals surface area contributed by atoms with Gasteiger partial charge >= 0.3 is 0 Å². The fraction of sp³-hybridized carbons (Fsp3) is 0.412. The van der Waals surface area contributed by atoms with Gasteiger partial charge in [0.2, 0.25) is 11.9 Å². The summed E-state index contributed by atoms with van der Waals surface area (Å²) in [5.74, 6) is 1.92. The molecular formula is C17H23IN6. The molecule has 6 nitrogen and oxygen atoms in total. The third kappa shape index (κ3) is 3.50. The minimum absolute atomic E-state index is 0. The summed E-state index contributed by atoms with van der Waals surface area (Å²) in [5.41, 5.74) is 2.60. The molecular weight excluding hydrogens is 415 g/mol. The molecule has 0 saturated heterocycles. The molecule has 128 valence electrons. The average molecular weight is 438 g/mol. The zero-order chi connectivity index (χ0) is 15.5. The maximum absolute atomic E-state index is 4.55. The van der Waals surface area contributed by atoms with E-state index < -0.39 is 0 Å². The lowest BCUT2D eigenvalue weighted by molar-refractivity contribution is 0.611. The van der Waals surface area contributed by atoms with Gasteiger partial charge in [-0.2, -0.15) is 0 Å². The first-order chi connectivity index (χ1) is 11.4. The number of guanidine groups is 2. The molecule has 0 bridgehead atoms. The van der Waals surface area contributed by atoms with Gasteiger partial charge in [-0.15, -0.1) is 24.0 Å². The predicted molar refractivity (Wildman–Crippen MR) is 109 cm³/mol. The van der Waals surface area contributed by atoms with E-state index in [2.05, 4.69) is 61.0 Å². The molecule has 7 heteroatoms. The summed E-state index contributed by atoms with van der Waals surface area (Å²) in [5, 5.41) is 8.11. The van der Waals surface area contributed by atoms with Crippen LogP contribution in [0.2, 0.25) is 0 Å².